The highest BCUT2D eigenvalue weighted by Crippen LogP contribution is 2.36. The van der Waals surface area contributed by atoms with Crippen LogP contribution in [0.15, 0.2) is 57.0 Å². The largest absolute Gasteiger partial charge is 0.462 e. The first-order valence-electron chi connectivity index (χ1n) is 12.5. The van der Waals surface area contributed by atoms with Gasteiger partial charge in [0.2, 0.25) is 0 Å². The molecule has 0 unspecified atom stereocenters. The summed E-state index contributed by atoms with van der Waals surface area (Å²) >= 11 is 6.03. The number of halogens is 4. The molecule has 5 rings (SSSR count). The maximum absolute atomic E-state index is 13.6. The Morgan fingerprint density at radius 2 is 1.77 bits per heavy atom. The molecule has 1 aliphatic carbocycles. The molecule has 0 radical (unpaired) electrons. The number of ether oxygens (including phenoxy) is 1. The Balaban J connectivity index is 1.71. The fourth-order valence-electron chi connectivity index (χ4n) is 4.65. The van der Waals surface area contributed by atoms with Crippen molar-refractivity contribution >= 4 is 28.6 Å². The van der Waals surface area contributed by atoms with E-state index in [4.69, 9.17) is 16.3 Å². The molecule has 1 saturated carbocycles. The van der Waals surface area contributed by atoms with Gasteiger partial charge < -0.3 is 4.74 Å². The number of aromatic nitrogens is 4. The van der Waals surface area contributed by atoms with E-state index in [0.717, 1.165) is 35.7 Å². The quantitative estimate of drug-likeness (QED) is 0.310. The smallest absolute Gasteiger partial charge is 0.417 e. The van der Waals surface area contributed by atoms with Gasteiger partial charge in [-0.3, -0.25) is 23.1 Å². The van der Waals surface area contributed by atoms with Crippen molar-refractivity contribution in [3.05, 3.63) is 95.6 Å². The van der Waals surface area contributed by atoms with Crippen molar-refractivity contribution in [1.82, 2.24) is 18.3 Å². The van der Waals surface area contributed by atoms with Crippen LogP contribution in [0.4, 0.5) is 13.2 Å². The maximum atomic E-state index is 13.6. The summed E-state index contributed by atoms with van der Waals surface area (Å²) in [7, 11) is 1.64. The number of hydrogen-bond donors (Lipinski definition) is 0. The Kier molecular flexibility index (Phi) is 6.99. The predicted molar refractivity (Wildman–Crippen MR) is 141 cm³/mol. The summed E-state index contributed by atoms with van der Waals surface area (Å²) < 4.78 is 50.1. The number of fused-ring (bicyclic) bond motifs is 1. The minimum absolute atomic E-state index is 0.0553. The summed E-state index contributed by atoms with van der Waals surface area (Å²) in [4.78, 5) is 52.5. The predicted octanol–water partition coefficient (Wildman–Crippen LogP) is 3.96. The van der Waals surface area contributed by atoms with Crippen LogP contribution in [0.2, 0.25) is 5.02 Å². The molecule has 9 nitrogen and oxygen atoms in total. The van der Waals surface area contributed by atoms with Crippen LogP contribution in [0.3, 0.4) is 0 Å². The molecule has 0 atom stereocenters. The summed E-state index contributed by atoms with van der Waals surface area (Å²) in [6.45, 7) is 1.36. The van der Waals surface area contributed by atoms with Gasteiger partial charge in [-0.2, -0.15) is 13.2 Å². The summed E-state index contributed by atoms with van der Waals surface area (Å²) in [5.74, 6) is -0.624. The number of aryl methyl sites for hydroxylation is 1. The first kappa shape index (κ1) is 27.5. The average Bonchev–Trinajstić information content (AvgIpc) is 3.69. The van der Waals surface area contributed by atoms with Crippen LogP contribution in [-0.4, -0.2) is 30.8 Å². The van der Waals surface area contributed by atoms with Crippen LogP contribution < -0.4 is 16.9 Å². The topological polar surface area (TPSA) is 97.2 Å². The van der Waals surface area contributed by atoms with E-state index in [1.807, 2.05) is 0 Å². The molecule has 0 bridgehead atoms. The molecule has 2 aromatic heterocycles. The zero-order valence-corrected chi connectivity index (χ0v) is 22.3. The van der Waals surface area contributed by atoms with E-state index in [2.05, 4.69) is 0 Å². The van der Waals surface area contributed by atoms with Gasteiger partial charge in [0.05, 0.1) is 40.5 Å². The molecule has 2 aromatic carbocycles. The van der Waals surface area contributed by atoms with Crippen molar-refractivity contribution < 1.29 is 22.7 Å². The Hall–Kier alpha value is -4.06. The molecular formula is C27H24ClF3N4O5. The molecule has 2 heterocycles. The maximum Gasteiger partial charge on any atom is 0.417 e. The van der Waals surface area contributed by atoms with E-state index in [1.165, 1.54) is 17.6 Å². The highest BCUT2D eigenvalue weighted by Gasteiger charge is 2.34. The molecule has 40 heavy (non-hydrogen) atoms. The van der Waals surface area contributed by atoms with Crippen LogP contribution in [0.5, 0.6) is 0 Å². The molecule has 210 valence electrons. The highest BCUT2D eigenvalue weighted by atomic mass is 35.5. The lowest BCUT2D eigenvalue weighted by molar-refractivity contribution is -0.137. The molecule has 4 aromatic rings. The van der Waals surface area contributed by atoms with Gasteiger partial charge in [0.25, 0.3) is 5.56 Å². The van der Waals surface area contributed by atoms with Gasteiger partial charge in [-0.1, -0.05) is 23.7 Å². The van der Waals surface area contributed by atoms with E-state index in [0.29, 0.717) is 28.1 Å². The zero-order chi connectivity index (χ0) is 28.9. The van der Waals surface area contributed by atoms with Gasteiger partial charge in [0, 0.05) is 19.8 Å². The lowest BCUT2D eigenvalue weighted by Gasteiger charge is -2.16. The van der Waals surface area contributed by atoms with Gasteiger partial charge >= 0.3 is 23.5 Å². The molecule has 0 N–H and O–H groups in total. The average molecular weight is 577 g/mol. The van der Waals surface area contributed by atoms with Crippen molar-refractivity contribution in [2.45, 2.75) is 39.0 Å². The van der Waals surface area contributed by atoms with Gasteiger partial charge in [-0.25, -0.2) is 14.4 Å². The summed E-state index contributed by atoms with van der Waals surface area (Å²) in [6, 6.07) is 7.96. The highest BCUT2D eigenvalue weighted by molar-refractivity contribution is 6.32. The minimum Gasteiger partial charge on any atom is -0.462 e. The Bertz CT molecular complexity index is 1830. The van der Waals surface area contributed by atoms with E-state index in [1.54, 1.807) is 29.8 Å². The lowest BCUT2D eigenvalue weighted by Crippen LogP contribution is -2.42. The first-order chi connectivity index (χ1) is 18.9. The van der Waals surface area contributed by atoms with Crippen LogP contribution >= 0.6 is 11.6 Å². The number of carbonyl (C=O) groups is 1. The monoisotopic (exact) mass is 576 g/mol. The fourth-order valence-corrected chi connectivity index (χ4v) is 4.94. The van der Waals surface area contributed by atoms with Crippen LogP contribution in [0.1, 0.15) is 41.3 Å². The van der Waals surface area contributed by atoms with Crippen molar-refractivity contribution in [2.24, 2.45) is 13.0 Å². The molecule has 0 aliphatic heterocycles. The number of nitrogens with zero attached hydrogens (tertiary/aromatic N) is 4. The molecule has 0 amide bonds. The second-order valence-electron chi connectivity index (χ2n) is 9.65. The van der Waals surface area contributed by atoms with Gasteiger partial charge in [-0.15, -0.1) is 0 Å². The van der Waals surface area contributed by atoms with Gasteiger partial charge in [-0.05, 0) is 55.5 Å². The van der Waals surface area contributed by atoms with Crippen LogP contribution in [0, 0.1) is 5.92 Å². The van der Waals surface area contributed by atoms with Crippen molar-refractivity contribution in [3.63, 3.8) is 0 Å². The molecule has 13 heteroatoms. The third-order valence-corrected chi connectivity index (χ3v) is 7.37. The molecule has 0 saturated heterocycles. The van der Waals surface area contributed by atoms with Crippen molar-refractivity contribution in [3.8, 4) is 5.69 Å². The molecule has 1 aliphatic rings. The number of esters is 1. The number of imidazole rings is 1. The Morgan fingerprint density at radius 1 is 1.05 bits per heavy atom. The molecule has 1 fully saturated rings. The zero-order valence-electron chi connectivity index (χ0n) is 21.5. The third-order valence-electron chi connectivity index (χ3n) is 6.92. The summed E-state index contributed by atoms with van der Waals surface area (Å²) in [5, 5.41) is -0.663. The Labute approximate surface area is 229 Å². The number of hydrogen-bond acceptors (Lipinski definition) is 5. The fraction of sp³-hybridized carbons (Fsp3) is 0.333. The molecule has 0 spiro atoms. The van der Waals surface area contributed by atoms with Crippen molar-refractivity contribution in [1.29, 1.82) is 0 Å². The summed E-state index contributed by atoms with van der Waals surface area (Å²) in [5.41, 5.74) is -2.52. The van der Waals surface area contributed by atoms with Gasteiger partial charge in [0.15, 0.2) is 0 Å². The number of benzene rings is 2. The lowest BCUT2D eigenvalue weighted by atomic mass is 10.1. The van der Waals surface area contributed by atoms with E-state index >= 15 is 0 Å². The van der Waals surface area contributed by atoms with E-state index in [-0.39, 0.29) is 23.5 Å². The number of alkyl halides is 3. The Morgan fingerprint density at radius 3 is 2.42 bits per heavy atom. The van der Waals surface area contributed by atoms with Crippen molar-refractivity contribution in [2.75, 3.05) is 6.61 Å². The normalized spacial score (nSPS) is 13.7. The van der Waals surface area contributed by atoms with E-state index < -0.39 is 46.1 Å². The standard InChI is InChI=1S/C27H24ClF3N4O5/c1-3-40-24(37)18-14-33(17-9-10-20-21(11-17)34(12-15-7-8-15)25(38)32(20)2)26(39)35(23(18)36)13-16-5-4-6-19(22(16)28)27(29,30)31/h4-6,9-11,14-15H,3,7-8,12-13H2,1-2H3. The van der Waals surface area contributed by atoms with Crippen LogP contribution in [0.25, 0.3) is 16.7 Å². The summed E-state index contributed by atoms with van der Waals surface area (Å²) in [6.07, 6.45) is -1.70. The molecular weight excluding hydrogens is 553 g/mol. The number of rotatable bonds is 7. The van der Waals surface area contributed by atoms with E-state index in [9.17, 15) is 32.3 Å². The second-order valence-corrected chi connectivity index (χ2v) is 10.0. The first-order valence-corrected chi connectivity index (χ1v) is 12.9. The van der Waals surface area contributed by atoms with Crippen LogP contribution in [-0.2, 0) is 31.1 Å². The second kappa shape index (κ2) is 10.2. The SMILES string of the molecule is CCOC(=O)c1cn(-c2ccc3c(c2)n(CC2CC2)c(=O)n3C)c(=O)n(Cc2cccc(C(F)(F)F)c2Cl)c1=O. The number of carbonyl (C=O) groups excluding carboxylic acids is 1. The third kappa shape index (κ3) is 4.87. The minimum atomic E-state index is -4.76. The van der Waals surface area contributed by atoms with Gasteiger partial charge in [0.1, 0.15) is 5.56 Å².